The summed E-state index contributed by atoms with van der Waals surface area (Å²) in [6.07, 6.45) is 8.59. The number of amides is 1. The number of pyridine rings is 1. The predicted molar refractivity (Wildman–Crippen MR) is 155 cm³/mol. The molecule has 0 aromatic carbocycles. The van der Waals surface area contributed by atoms with Gasteiger partial charge in [-0.15, -0.1) is 0 Å². The summed E-state index contributed by atoms with van der Waals surface area (Å²) in [6.45, 7) is 12.2. The number of rotatable bonds is 7. The highest BCUT2D eigenvalue weighted by Crippen LogP contribution is 2.31. The van der Waals surface area contributed by atoms with Gasteiger partial charge in [0.05, 0.1) is 12.3 Å². The average molecular weight is 570 g/mol. The molecule has 0 bridgehead atoms. The zero-order valence-corrected chi connectivity index (χ0v) is 24.7. The number of nitrogens with zero attached hydrogens (tertiary/aromatic N) is 5. The molecule has 40 heavy (non-hydrogen) atoms. The molecule has 216 valence electrons. The molecule has 2 aliphatic rings. The van der Waals surface area contributed by atoms with Crippen LogP contribution in [0.25, 0.3) is 22.3 Å². The van der Waals surface area contributed by atoms with Crippen LogP contribution >= 0.6 is 11.6 Å². The van der Waals surface area contributed by atoms with Crippen LogP contribution in [0.2, 0.25) is 5.28 Å². The Balaban J connectivity index is 1.18. The summed E-state index contributed by atoms with van der Waals surface area (Å²) in [6, 6.07) is 4.11. The van der Waals surface area contributed by atoms with Crippen LogP contribution in [0.5, 0.6) is 5.88 Å². The Morgan fingerprint density at radius 3 is 2.58 bits per heavy atom. The summed E-state index contributed by atoms with van der Waals surface area (Å²) in [5.74, 6) is 1.71. The van der Waals surface area contributed by atoms with Gasteiger partial charge in [0.1, 0.15) is 11.2 Å². The Bertz CT molecular complexity index is 1320. The van der Waals surface area contributed by atoms with Crippen molar-refractivity contribution in [3.05, 3.63) is 35.4 Å². The first-order valence-corrected chi connectivity index (χ1v) is 14.7. The number of carbonyl (C=O) groups excluding carboxylic acids is 1. The van der Waals surface area contributed by atoms with Gasteiger partial charge in [-0.05, 0) is 95.4 Å². The van der Waals surface area contributed by atoms with Crippen molar-refractivity contribution in [3.63, 3.8) is 0 Å². The fraction of sp³-hybridized carbons (Fsp3) is 0.600. The van der Waals surface area contributed by atoms with Gasteiger partial charge in [0.25, 0.3) is 0 Å². The molecule has 0 atom stereocenters. The fourth-order valence-electron chi connectivity index (χ4n) is 5.51. The van der Waals surface area contributed by atoms with Crippen molar-refractivity contribution in [1.29, 1.82) is 0 Å². The third-order valence-electron chi connectivity index (χ3n) is 7.72. The van der Waals surface area contributed by atoms with E-state index in [4.69, 9.17) is 25.8 Å². The van der Waals surface area contributed by atoms with Crippen molar-refractivity contribution in [2.45, 2.75) is 71.9 Å². The second-order valence-corrected chi connectivity index (χ2v) is 12.3. The van der Waals surface area contributed by atoms with Crippen LogP contribution < -0.4 is 4.74 Å². The van der Waals surface area contributed by atoms with Crippen molar-refractivity contribution >= 4 is 28.7 Å². The highest BCUT2D eigenvalue weighted by Gasteiger charge is 2.27. The molecule has 5 heterocycles. The lowest BCUT2D eigenvalue weighted by atomic mass is 9.94. The molecule has 0 N–H and O–H groups in total. The molecular formula is C30H40ClN5O4. The molecule has 10 heteroatoms. The Labute approximate surface area is 241 Å². The smallest absolute Gasteiger partial charge is 0.410 e. The second kappa shape index (κ2) is 12.3. The zero-order chi connectivity index (χ0) is 28.3. The third-order valence-corrected chi connectivity index (χ3v) is 7.89. The van der Waals surface area contributed by atoms with E-state index in [0.29, 0.717) is 24.3 Å². The number of piperidine rings is 1. The van der Waals surface area contributed by atoms with E-state index in [0.717, 1.165) is 92.8 Å². The van der Waals surface area contributed by atoms with E-state index in [1.165, 1.54) is 0 Å². The quantitative estimate of drug-likeness (QED) is 0.308. The summed E-state index contributed by atoms with van der Waals surface area (Å²) >= 11 is 6.38. The van der Waals surface area contributed by atoms with Gasteiger partial charge in [0.15, 0.2) is 0 Å². The third kappa shape index (κ3) is 7.04. The van der Waals surface area contributed by atoms with E-state index in [1.807, 2.05) is 32.6 Å². The van der Waals surface area contributed by atoms with Crippen LogP contribution in [-0.4, -0.2) is 69.0 Å². The van der Waals surface area contributed by atoms with Crippen LogP contribution in [0.3, 0.4) is 0 Å². The van der Waals surface area contributed by atoms with Crippen LogP contribution in [-0.2, 0) is 16.0 Å². The van der Waals surface area contributed by atoms with Crippen LogP contribution in [0.15, 0.2) is 24.5 Å². The minimum Gasteiger partial charge on any atom is -0.477 e. The van der Waals surface area contributed by atoms with E-state index >= 15 is 0 Å². The molecule has 3 aromatic heterocycles. The van der Waals surface area contributed by atoms with Gasteiger partial charge in [0, 0.05) is 61.8 Å². The lowest BCUT2D eigenvalue weighted by molar-refractivity contribution is 0.0177. The Morgan fingerprint density at radius 2 is 1.88 bits per heavy atom. The number of hydrogen-bond acceptors (Lipinski definition) is 7. The number of likely N-dealkylation sites (tertiary alicyclic amines) is 1. The monoisotopic (exact) mass is 569 g/mol. The summed E-state index contributed by atoms with van der Waals surface area (Å²) in [5.41, 5.74) is 2.99. The molecule has 0 spiro atoms. The van der Waals surface area contributed by atoms with Crippen molar-refractivity contribution in [2.24, 2.45) is 11.8 Å². The topological polar surface area (TPSA) is 91.6 Å². The number of ether oxygens (including phenoxy) is 3. The van der Waals surface area contributed by atoms with Gasteiger partial charge in [-0.2, -0.15) is 4.98 Å². The molecule has 1 amide bonds. The molecule has 0 aliphatic carbocycles. The fourth-order valence-corrected chi connectivity index (χ4v) is 5.67. The summed E-state index contributed by atoms with van der Waals surface area (Å²) in [7, 11) is 0. The molecule has 5 rings (SSSR count). The minimum atomic E-state index is -0.469. The van der Waals surface area contributed by atoms with Gasteiger partial charge < -0.3 is 23.7 Å². The summed E-state index contributed by atoms with van der Waals surface area (Å²) in [4.78, 5) is 27.9. The first kappa shape index (κ1) is 28.6. The van der Waals surface area contributed by atoms with Gasteiger partial charge >= 0.3 is 6.09 Å². The van der Waals surface area contributed by atoms with Gasteiger partial charge in [-0.25, -0.2) is 14.8 Å². The average Bonchev–Trinajstić information content (AvgIpc) is 3.31. The molecule has 0 saturated carbocycles. The first-order chi connectivity index (χ1) is 19.2. The molecule has 0 radical (unpaired) electrons. The summed E-state index contributed by atoms with van der Waals surface area (Å²) < 4.78 is 19.3. The predicted octanol–water partition coefficient (Wildman–Crippen LogP) is 6.30. The Kier molecular flexibility index (Phi) is 8.80. The zero-order valence-electron chi connectivity index (χ0n) is 24.0. The number of aryl methyl sites for hydroxylation is 1. The van der Waals surface area contributed by atoms with Gasteiger partial charge in [0.2, 0.25) is 11.2 Å². The van der Waals surface area contributed by atoms with Gasteiger partial charge in [-0.1, -0.05) is 0 Å². The van der Waals surface area contributed by atoms with Crippen LogP contribution in [0.1, 0.15) is 58.4 Å². The standard InChI is InChI=1S/C30H40ClN5O4/c1-20-17-23(25-24-7-13-36(26(24)34-28(31)33-25)19-22-8-14-38-15-9-22)18-32-27(20)39-16-10-21-5-11-35(12-6-21)29(37)40-30(2,3)4/h7,13,17-18,21-22H,5-6,8-12,14-16,19H2,1-4H3. The molecule has 0 unspecified atom stereocenters. The second-order valence-electron chi connectivity index (χ2n) is 12.0. The minimum absolute atomic E-state index is 0.222. The van der Waals surface area contributed by atoms with E-state index in [1.54, 1.807) is 6.20 Å². The van der Waals surface area contributed by atoms with Crippen molar-refractivity contribution in [1.82, 2.24) is 24.4 Å². The highest BCUT2D eigenvalue weighted by atomic mass is 35.5. The van der Waals surface area contributed by atoms with Crippen molar-refractivity contribution in [2.75, 3.05) is 32.9 Å². The van der Waals surface area contributed by atoms with Crippen LogP contribution in [0, 0.1) is 18.8 Å². The van der Waals surface area contributed by atoms with Gasteiger partial charge in [-0.3, -0.25) is 0 Å². The van der Waals surface area contributed by atoms with E-state index in [-0.39, 0.29) is 11.4 Å². The maximum Gasteiger partial charge on any atom is 0.410 e. The van der Waals surface area contributed by atoms with E-state index < -0.39 is 5.60 Å². The Hall–Kier alpha value is -2.91. The molecular weight excluding hydrogens is 530 g/mol. The number of aromatic nitrogens is 4. The normalized spacial score (nSPS) is 17.4. The van der Waals surface area contributed by atoms with E-state index in [9.17, 15) is 4.79 Å². The molecule has 9 nitrogen and oxygen atoms in total. The lowest BCUT2D eigenvalue weighted by Crippen LogP contribution is -2.41. The molecule has 2 aliphatic heterocycles. The molecule has 2 fully saturated rings. The number of hydrogen-bond donors (Lipinski definition) is 0. The first-order valence-electron chi connectivity index (χ1n) is 14.3. The Morgan fingerprint density at radius 1 is 1.12 bits per heavy atom. The number of halogens is 1. The molecule has 3 aromatic rings. The number of fused-ring (bicyclic) bond motifs is 1. The van der Waals surface area contributed by atoms with E-state index in [2.05, 4.69) is 37.8 Å². The number of carbonyl (C=O) groups is 1. The van der Waals surface area contributed by atoms with Crippen molar-refractivity contribution in [3.8, 4) is 17.1 Å². The summed E-state index contributed by atoms with van der Waals surface area (Å²) in [5, 5.41) is 1.19. The largest absolute Gasteiger partial charge is 0.477 e. The maximum atomic E-state index is 12.3. The lowest BCUT2D eigenvalue weighted by Gasteiger charge is -2.33. The van der Waals surface area contributed by atoms with Crippen molar-refractivity contribution < 1.29 is 19.0 Å². The van der Waals surface area contributed by atoms with Crippen LogP contribution in [0.4, 0.5) is 4.79 Å². The maximum absolute atomic E-state index is 12.3. The molecule has 2 saturated heterocycles. The highest BCUT2D eigenvalue weighted by molar-refractivity contribution is 6.28. The SMILES string of the molecule is Cc1cc(-c2nc(Cl)nc3c2ccn3CC2CCOCC2)cnc1OCCC1CCN(C(=O)OC(C)(C)C)CC1.